The molecule has 1 saturated heterocycles. The van der Waals surface area contributed by atoms with Gasteiger partial charge in [-0.1, -0.05) is 23.7 Å². The number of thiophene rings is 1. The van der Waals surface area contributed by atoms with Gasteiger partial charge < -0.3 is 10.2 Å². The van der Waals surface area contributed by atoms with Crippen molar-refractivity contribution in [2.75, 3.05) is 38.0 Å². The van der Waals surface area contributed by atoms with Crippen LogP contribution in [-0.4, -0.2) is 54.3 Å². The maximum absolute atomic E-state index is 12.3. The summed E-state index contributed by atoms with van der Waals surface area (Å²) >= 11 is 7.69. The lowest BCUT2D eigenvalue weighted by Gasteiger charge is -2.33. The van der Waals surface area contributed by atoms with Crippen LogP contribution in [0.4, 0.5) is 5.69 Å². The first-order valence-corrected chi connectivity index (χ1v) is 10.1. The molecule has 0 bridgehead atoms. The smallest absolute Gasteiger partial charge is 0.246 e. The van der Waals surface area contributed by atoms with Gasteiger partial charge in [-0.05, 0) is 42.1 Å². The van der Waals surface area contributed by atoms with E-state index in [2.05, 4.69) is 5.32 Å². The van der Waals surface area contributed by atoms with Crippen molar-refractivity contribution < 1.29 is 9.59 Å². The standard InChI is InChI=1S/C20H22ClN3O2S/c1-15-8-13-27-18(15)6-7-20(26)24-11-9-23(10-12-24)14-19(25)22-17-5-3-2-4-16(17)21/h2-8,13H,9-12,14H2,1H3,(H,22,25)/b7-6+. The maximum Gasteiger partial charge on any atom is 0.246 e. The summed E-state index contributed by atoms with van der Waals surface area (Å²) in [6.07, 6.45) is 3.52. The lowest BCUT2D eigenvalue weighted by Crippen LogP contribution is -2.50. The SMILES string of the molecule is Cc1ccsc1/C=C/C(=O)N1CCN(CC(=O)Nc2ccccc2Cl)CC1. The van der Waals surface area contributed by atoms with Gasteiger partial charge in [0.2, 0.25) is 11.8 Å². The van der Waals surface area contributed by atoms with E-state index in [9.17, 15) is 9.59 Å². The van der Waals surface area contributed by atoms with Gasteiger partial charge in [0.05, 0.1) is 17.3 Å². The molecule has 0 radical (unpaired) electrons. The first-order valence-electron chi connectivity index (χ1n) is 8.81. The minimum absolute atomic E-state index is 0.0166. The highest BCUT2D eigenvalue weighted by Crippen LogP contribution is 2.20. The lowest BCUT2D eigenvalue weighted by molar-refractivity contribution is -0.127. The number of hydrogen-bond donors (Lipinski definition) is 1. The van der Waals surface area contributed by atoms with Crippen LogP contribution in [0.3, 0.4) is 0 Å². The van der Waals surface area contributed by atoms with Crippen molar-refractivity contribution in [3.8, 4) is 0 Å². The van der Waals surface area contributed by atoms with E-state index in [1.165, 1.54) is 5.56 Å². The quantitative estimate of drug-likeness (QED) is 0.777. The lowest BCUT2D eigenvalue weighted by atomic mass is 10.2. The monoisotopic (exact) mass is 403 g/mol. The fourth-order valence-corrected chi connectivity index (χ4v) is 3.89. The number of para-hydroxylation sites is 1. The summed E-state index contributed by atoms with van der Waals surface area (Å²) in [5.41, 5.74) is 1.80. The summed E-state index contributed by atoms with van der Waals surface area (Å²) in [4.78, 5) is 29.5. The summed E-state index contributed by atoms with van der Waals surface area (Å²) in [6, 6.07) is 9.21. The molecule has 2 amide bonds. The first kappa shape index (κ1) is 19.6. The molecule has 0 unspecified atom stereocenters. The van der Waals surface area contributed by atoms with Crippen LogP contribution in [0.2, 0.25) is 5.02 Å². The predicted molar refractivity (Wildman–Crippen MR) is 111 cm³/mol. The highest BCUT2D eigenvalue weighted by Gasteiger charge is 2.21. The van der Waals surface area contributed by atoms with Gasteiger partial charge in [-0.25, -0.2) is 0 Å². The minimum Gasteiger partial charge on any atom is -0.337 e. The fraction of sp³-hybridized carbons (Fsp3) is 0.300. The molecule has 3 rings (SSSR count). The van der Waals surface area contributed by atoms with Crippen LogP contribution in [0.25, 0.3) is 6.08 Å². The molecule has 2 heterocycles. The zero-order chi connectivity index (χ0) is 19.2. The molecule has 1 aliphatic rings. The van der Waals surface area contributed by atoms with Gasteiger partial charge in [0, 0.05) is 37.1 Å². The van der Waals surface area contributed by atoms with Gasteiger partial charge in [0.1, 0.15) is 0 Å². The van der Waals surface area contributed by atoms with Crippen molar-refractivity contribution in [1.29, 1.82) is 0 Å². The Bertz CT molecular complexity index is 841. The summed E-state index contributed by atoms with van der Waals surface area (Å²) < 4.78 is 0. The third kappa shape index (κ3) is 5.42. The molecule has 27 heavy (non-hydrogen) atoms. The number of piperazine rings is 1. The first-order chi connectivity index (χ1) is 13.0. The Kier molecular flexibility index (Phi) is 6.66. The van der Waals surface area contributed by atoms with Crippen LogP contribution in [-0.2, 0) is 9.59 Å². The highest BCUT2D eigenvalue weighted by molar-refractivity contribution is 7.11. The minimum atomic E-state index is -0.101. The number of carbonyl (C=O) groups excluding carboxylic acids is 2. The number of amides is 2. The number of benzene rings is 1. The molecule has 1 aliphatic heterocycles. The second kappa shape index (κ2) is 9.17. The molecule has 1 N–H and O–H groups in total. The zero-order valence-electron chi connectivity index (χ0n) is 15.2. The van der Waals surface area contributed by atoms with E-state index in [4.69, 9.17) is 11.6 Å². The van der Waals surface area contributed by atoms with Crippen molar-refractivity contribution in [2.45, 2.75) is 6.92 Å². The molecule has 1 aromatic carbocycles. The highest BCUT2D eigenvalue weighted by atomic mass is 35.5. The van der Waals surface area contributed by atoms with Gasteiger partial charge in [0.25, 0.3) is 0 Å². The summed E-state index contributed by atoms with van der Waals surface area (Å²) in [5.74, 6) is -0.0843. The van der Waals surface area contributed by atoms with E-state index >= 15 is 0 Å². The van der Waals surface area contributed by atoms with Gasteiger partial charge in [-0.15, -0.1) is 11.3 Å². The number of aryl methyl sites for hydroxylation is 1. The Morgan fingerprint density at radius 1 is 1.19 bits per heavy atom. The number of hydrogen-bond acceptors (Lipinski definition) is 4. The molecule has 7 heteroatoms. The van der Waals surface area contributed by atoms with E-state index in [0.29, 0.717) is 36.9 Å². The number of carbonyl (C=O) groups is 2. The topological polar surface area (TPSA) is 52.7 Å². The Labute approximate surface area is 168 Å². The molecule has 2 aromatic rings. The van der Waals surface area contributed by atoms with E-state index in [1.54, 1.807) is 29.5 Å². The summed E-state index contributed by atoms with van der Waals surface area (Å²) in [7, 11) is 0. The van der Waals surface area contributed by atoms with E-state index < -0.39 is 0 Å². The van der Waals surface area contributed by atoms with Gasteiger partial charge in [-0.2, -0.15) is 0 Å². The maximum atomic E-state index is 12.3. The molecule has 0 aliphatic carbocycles. The number of nitrogens with zero attached hydrogens (tertiary/aromatic N) is 2. The van der Waals surface area contributed by atoms with Gasteiger partial charge >= 0.3 is 0 Å². The second-order valence-electron chi connectivity index (χ2n) is 6.43. The van der Waals surface area contributed by atoms with Crippen molar-refractivity contribution in [2.24, 2.45) is 0 Å². The number of anilines is 1. The van der Waals surface area contributed by atoms with Crippen molar-refractivity contribution in [3.63, 3.8) is 0 Å². The molecule has 0 spiro atoms. The molecule has 142 valence electrons. The van der Waals surface area contributed by atoms with Crippen molar-refractivity contribution in [3.05, 3.63) is 57.3 Å². The van der Waals surface area contributed by atoms with Crippen LogP contribution in [0, 0.1) is 6.92 Å². The van der Waals surface area contributed by atoms with Crippen LogP contribution in [0.5, 0.6) is 0 Å². The Hall–Kier alpha value is -2.15. The van der Waals surface area contributed by atoms with E-state index in [0.717, 1.165) is 4.88 Å². The van der Waals surface area contributed by atoms with Crippen LogP contribution in [0.15, 0.2) is 41.8 Å². The number of rotatable bonds is 5. The molecule has 5 nitrogen and oxygen atoms in total. The largest absolute Gasteiger partial charge is 0.337 e. The molecule has 0 saturated carbocycles. The zero-order valence-corrected chi connectivity index (χ0v) is 16.7. The Morgan fingerprint density at radius 3 is 2.59 bits per heavy atom. The second-order valence-corrected chi connectivity index (χ2v) is 7.79. The van der Waals surface area contributed by atoms with Crippen LogP contribution in [0.1, 0.15) is 10.4 Å². The van der Waals surface area contributed by atoms with E-state index in [-0.39, 0.29) is 18.4 Å². The summed E-state index contributed by atoms with van der Waals surface area (Å²) in [5, 5.41) is 5.37. The van der Waals surface area contributed by atoms with Crippen LogP contribution < -0.4 is 5.32 Å². The third-order valence-electron chi connectivity index (χ3n) is 4.48. The average Bonchev–Trinajstić information content (AvgIpc) is 3.07. The third-order valence-corrected chi connectivity index (χ3v) is 5.79. The fourth-order valence-electron chi connectivity index (χ4n) is 2.89. The van der Waals surface area contributed by atoms with Gasteiger partial charge in [0.15, 0.2) is 0 Å². The molecule has 1 fully saturated rings. The molecule has 1 aromatic heterocycles. The number of halogens is 1. The van der Waals surface area contributed by atoms with E-state index in [1.807, 2.05) is 46.4 Å². The summed E-state index contributed by atoms with van der Waals surface area (Å²) in [6.45, 7) is 4.91. The average molecular weight is 404 g/mol. The molecular weight excluding hydrogens is 382 g/mol. The normalized spacial score (nSPS) is 15.3. The van der Waals surface area contributed by atoms with Gasteiger partial charge in [-0.3, -0.25) is 14.5 Å². The Morgan fingerprint density at radius 2 is 1.93 bits per heavy atom. The van der Waals surface area contributed by atoms with Crippen molar-refractivity contribution in [1.82, 2.24) is 9.80 Å². The molecular formula is C20H22ClN3O2S. The Balaban J connectivity index is 1.45. The number of nitrogens with one attached hydrogen (secondary N) is 1. The molecule has 0 atom stereocenters. The van der Waals surface area contributed by atoms with Crippen molar-refractivity contribution >= 4 is 46.5 Å². The predicted octanol–water partition coefficient (Wildman–Crippen LogP) is 3.51. The van der Waals surface area contributed by atoms with Crippen LogP contribution >= 0.6 is 22.9 Å².